The first-order valence-corrected chi connectivity index (χ1v) is 7.20. The number of imide groups is 1. The fourth-order valence-electron chi connectivity index (χ4n) is 2.62. The van der Waals surface area contributed by atoms with Crippen LogP contribution in [0.4, 0.5) is 4.79 Å². The largest absolute Gasteiger partial charge is 0.383 e. The van der Waals surface area contributed by atoms with E-state index in [0.29, 0.717) is 26.0 Å². The predicted octanol–water partition coefficient (Wildman–Crippen LogP) is 0.267. The molecule has 1 saturated heterocycles. The van der Waals surface area contributed by atoms with Gasteiger partial charge >= 0.3 is 6.03 Å². The molecular formula is C12H20N4O3S. The van der Waals surface area contributed by atoms with Crippen LogP contribution in [0, 0.1) is 0 Å². The van der Waals surface area contributed by atoms with Gasteiger partial charge in [0.15, 0.2) is 5.11 Å². The van der Waals surface area contributed by atoms with Crippen molar-refractivity contribution in [3.8, 4) is 0 Å². The van der Waals surface area contributed by atoms with Gasteiger partial charge in [-0.05, 0) is 25.1 Å². The minimum absolute atomic E-state index is 0.235. The van der Waals surface area contributed by atoms with Crippen LogP contribution >= 0.6 is 12.2 Å². The SMILES string of the molecule is COCCNC(=S)NN1C(=O)NC2(CCCCC2)C1=O. The lowest BCUT2D eigenvalue weighted by Gasteiger charge is -2.30. The smallest absolute Gasteiger partial charge is 0.344 e. The Hall–Kier alpha value is -1.41. The van der Waals surface area contributed by atoms with Crippen LogP contribution < -0.4 is 16.1 Å². The van der Waals surface area contributed by atoms with Gasteiger partial charge in [-0.1, -0.05) is 19.3 Å². The van der Waals surface area contributed by atoms with E-state index in [9.17, 15) is 9.59 Å². The van der Waals surface area contributed by atoms with E-state index in [1.165, 1.54) is 0 Å². The topological polar surface area (TPSA) is 82.7 Å². The number of nitrogens with one attached hydrogen (secondary N) is 3. The number of ether oxygens (including phenoxy) is 1. The van der Waals surface area contributed by atoms with Crippen molar-refractivity contribution in [2.24, 2.45) is 0 Å². The fraction of sp³-hybridized carbons (Fsp3) is 0.750. The maximum Gasteiger partial charge on any atom is 0.344 e. The van der Waals surface area contributed by atoms with Crippen molar-refractivity contribution in [2.45, 2.75) is 37.6 Å². The number of amides is 3. The monoisotopic (exact) mass is 300 g/mol. The summed E-state index contributed by atoms with van der Waals surface area (Å²) in [5.74, 6) is -0.238. The molecule has 1 spiro atoms. The number of thiocarbonyl (C=S) groups is 1. The highest BCUT2D eigenvalue weighted by atomic mass is 32.1. The molecule has 1 aliphatic heterocycles. The van der Waals surface area contributed by atoms with Crippen LogP contribution in [0.15, 0.2) is 0 Å². The summed E-state index contributed by atoms with van der Waals surface area (Å²) in [6.07, 6.45) is 4.40. The number of methoxy groups -OCH3 is 1. The van der Waals surface area contributed by atoms with Crippen LogP contribution in [0.3, 0.4) is 0 Å². The zero-order valence-corrected chi connectivity index (χ0v) is 12.3. The molecule has 20 heavy (non-hydrogen) atoms. The first kappa shape index (κ1) is 15.0. The molecule has 0 aromatic rings. The summed E-state index contributed by atoms with van der Waals surface area (Å²) in [6, 6.07) is -0.437. The molecule has 1 aliphatic carbocycles. The van der Waals surface area contributed by atoms with Crippen molar-refractivity contribution in [3.05, 3.63) is 0 Å². The second kappa shape index (κ2) is 6.36. The van der Waals surface area contributed by atoms with Crippen LogP contribution in [0.1, 0.15) is 32.1 Å². The molecule has 1 heterocycles. The van der Waals surface area contributed by atoms with Crippen LogP contribution in [0.25, 0.3) is 0 Å². The van der Waals surface area contributed by atoms with E-state index in [4.69, 9.17) is 17.0 Å². The molecule has 0 aromatic carbocycles. The highest BCUT2D eigenvalue weighted by molar-refractivity contribution is 7.80. The number of carbonyl (C=O) groups is 2. The summed E-state index contributed by atoms with van der Waals surface area (Å²) in [7, 11) is 1.59. The van der Waals surface area contributed by atoms with Gasteiger partial charge in [-0.25, -0.2) is 4.79 Å². The number of nitrogens with zero attached hydrogens (tertiary/aromatic N) is 1. The maximum atomic E-state index is 12.4. The van der Waals surface area contributed by atoms with E-state index in [-0.39, 0.29) is 11.0 Å². The Balaban J connectivity index is 1.93. The third-order valence-electron chi connectivity index (χ3n) is 3.67. The van der Waals surface area contributed by atoms with Gasteiger partial charge in [0.2, 0.25) is 0 Å². The molecule has 0 radical (unpaired) electrons. The number of urea groups is 1. The van der Waals surface area contributed by atoms with Crippen molar-refractivity contribution in [2.75, 3.05) is 20.3 Å². The first-order valence-electron chi connectivity index (χ1n) is 6.79. The summed E-state index contributed by atoms with van der Waals surface area (Å²) in [5.41, 5.74) is 1.91. The average molecular weight is 300 g/mol. The number of hydrazine groups is 1. The molecule has 7 nitrogen and oxygen atoms in total. The second-order valence-electron chi connectivity index (χ2n) is 5.07. The molecule has 8 heteroatoms. The molecule has 0 atom stereocenters. The Morgan fingerprint density at radius 3 is 2.75 bits per heavy atom. The summed E-state index contributed by atoms with van der Waals surface area (Å²) in [6.45, 7) is 1.00. The summed E-state index contributed by atoms with van der Waals surface area (Å²) < 4.78 is 4.88. The van der Waals surface area contributed by atoms with E-state index in [1.54, 1.807) is 7.11 Å². The molecule has 2 rings (SSSR count). The van der Waals surface area contributed by atoms with E-state index >= 15 is 0 Å². The van der Waals surface area contributed by atoms with E-state index in [1.807, 2.05) is 0 Å². The zero-order valence-electron chi connectivity index (χ0n) is 11.5. The molecule has 2 fully saturated rings. The number of rotatable bonds is 4. The van der Waals surface area contributed by atoms with Crippen LogP contribution in [-0.4, -0.2) is 47.9 Å². The van der Waals surface area contributed by atoms with Gasteiger partial charge < -0.3 is 15.4 Å². The van der Waals surface area contributed by atoms with Crippen LogP contribution in [0.2, 0.25) is 0 Å². The van der Waals surface area contributed by atoms with Crippen molar-refractivity contribution in [1.82, 2.24) is 21.1 Å². The van der Waals surface area contributed by atoms with Crippen molar-refractivity contribution in [1.29, 1.82) is 0 Å². The number of hydrogen-bond donors (Lipinski definition) is 3. The van der Waals surface area contributed by atoms with Crippen molar-refractivity contribution < 1.29 is 14.3 Å². The zero-order chi connectivity index (χ0) is 14.6. The normalized spacial score (nSPS) is 20.9. The van der Waals surface area contributed by atoms with Gasteiger partial charge in [0.25, 0.3) is 5.91 Å². The summed E-state index contributed by atoms with van der Waals surface area (Å²) in [4.78, 5) is 24.4. The first-order chi connectivity index (χ1) is 9.59. The molecule has 1 saturated carbocycles. The Morgan fingerprint density at radius 2 is 2.10 bits per heavy atom. The Kier molecular flexibility index (Phi) is 4.77. The summed E-state index contributed by atoms with van der Waals surface area (Å²) in [5, 5.41) is 6.88. The minimum atomic E-state index is -0.732. The van der Waals surface area contributed by atoms with Crippen LogP contribution in [-0.2, 0) is 9.53 Å². The van der Waals surface area contributed by atoms with E-state index in [2.05, 4.69) is 16.1 Å². The molecule has 3 N–H and O–H groups in total. The molecule has 112 valence electrons. The van der Waals surface area contributed by atoms with Gasteiger partial charge in [0, 0.05) is 13.7 Å². The van der Waals surface area contributed by atoms with Crippen molar-refractivity contribution >= 4 is 29.3 Å². The van der Waals surface area contributed by atoms with Gasteiger partial charge in [0.05, 0.1) is 6.61 Å². The Labute approximate surface area is 123 Å². The third kappa shape index (κ3) is 3.01. The lowest BCUT2D eigenvalue weighted by atomic mass is 9.82. The highest BCUT2D eigenvalue weighted by Gasteiger charge is 2.51. The van der Waals surface area contributed by atoms with Crippen molar-refractivity contribution in [3.63, 3.8) is 0 Å². The molecule has 0 bridgehead atoms. The predicted molar refractivity (Wildman–Crippen MR) is 76.8 cm³/mol. The number of hydrogen-bond acceptors (Lipinski definition) is 4. The third-order valence-corrected chi connectivity index (χ3v) is 3.91. The molecule has 0 unspecified atom stereocenters. The van der Waals surface area contributed by atoms with Crippen LogP contribution in [0.5, 0.6) is 0 Å². The Morgan fingerprint density at radius 1 is 1.40 bits per heavy atom. The van der Waals surface area contributed by atoms with E-state index in [0.717, 1.165) is 24.3 Å². The standard InChI is InChI=1S/C12H20N4O3S/c1-19-8-7-13-10(20)15-16-9(17)12(14-11(16)18)5-3-2-4-6-12/h2-8H2,1H3,(H,14,18)(H2,13,15,20). The summed E-state index contributed by atoms with van der Waals surface area (Å²) >= 11 is 5.05. The lowest BCUT2D eigenvalue weighted by molar-refractivity contribution is -0.133. The van der Waals surface area contributed by atoms with Gasteiger partial charge in [-0.3, -0.25) is 10.2 Å². The van der Waals surface area contributed by atoms with E-state index < -0.39 is 11.6 Å². The van der Waals surface area contributed by atoms with Gasteiger partial charge in [-0.2, -0.15) is 5.01 Å². The maximum absolute atomic E-state index is 12.4. The number of carbonyl (C=O) groups excluding carboxylic acids is 2. The molecular weight excluding hydrogens is 280 g/mol. The quantitative estimate of drug-likeness (QED) is 0.393. The second-order valence-corrected chi connectivity index (χ2v) is 5.48. The molecule has 0 aromatic heterocycles. The molecule has 2 aliphatic rings. The lowest BCUT2D eigenvalue weighted by Crippen LogP contribution is -2.53. The van der Waals surface area contributed by atoms with Gasteiger partial charge in [0.1, 0.15) is 5.54 Å². The average Bonchev–Trinajstić information content (AvgIpc) is 2.65. The van der Waals surface area contributed by atoms with Gasteiger partial charge in [-0.15, -0.1) is 0 Å². The fourth-order valence-corrected chi connectivity index (χ4v) is 2.82. The minimum Gasteiger partial charge on any atom is -0.383 e. The highest BCUT2D eigenvalue weighted by Crippen LogP contribution is 2.32. The molecule has 3 amide bonds. The Bertz CT molecular complexity index is 410.